The van der Waals surface area contributed by atoms with Crippen molar-refractivity contribution in [1.82, 2.24) is 4.90 Å². The minimum Gasteiger partial charge on any atom is -0.379 e. The molecule has 0 radical (unpaired) electrons. The first kappa shape index (κ1) is 14.9. The number of nitrogens with zero attached hydrogens (tertiary/aromatic N) is 1. The number of hydrogen-bond acceptors (Lipinski definition) is 4. The van der Waals surface area contributed by atoms with Gasteiger partial charge in [-0.3, -0.25) is 11.7 Å². The molecule has 0 bridgehead atoms. The molecule has 68 valence electrons. The van der Waals surface area contributed by atoms with E-state index in [0.29, 0.717) is 0 Å². The van der Waals surface area contributed by atoms with E-state index in [4.69, 9.17) is 4.74 Å². The first-order chi connectivity index (χ1) is 5.43. The smallest absolute Gasteiger partial charge is 0.379 e. The van der Waals surface area contributed by atoms with Crippen LogP contribution in [0, 0.1) is 6.92 Å². The van der Waals surface area contributed by atoms with E-state index in [1.807, 2.05) is 0 Å². The fourth-order valence-corrected chi connectivity index (χ4v) is 1.05. The minimum atomic E-state index is 0. The van der Waals surface area contributed by atoms with Crippen LogP contribution in [-0.4, -0.2) is 37.7 Å². The van der Waals surface area contributed by atoms with Gasteiger partial charge in [0.05, 0.1) is 13.2 Å². The van der Waals surface area contributed by atoms with E-state index >= 15 is 0 Å². The summed E-state index contributed by atoms with van der Waals surface area (Å²) in [5.74, 6) is 8.00. The molecule has 4 N–H and O–H groups in total. The fraction of sp³-hybridized carbons (Fsp3) is 0.857. The van der Waals surface area contributed by atoms with Gasteiger partial charge in [-0.15, -0.1) is 0 Å². The molecule has 5 heteroatoms. The molecule has 1 rings (SSSR count). The molecule has 0 saturated carbocycles. The normalized spacial score (nSPS) is 17.2. The van der Waals surface area contributed by atoms with Crippen molar-refractivity contribution in [2.45, 2.75) is 6.42 Å². The summed E-state index contributed by atoms with van der Waals surface area (Å²) < 4.78 is 5.18. The van der Waals surface area contributed by atoms with E-state index in [1.165, 1.54) is 0 Å². The topological polar surface area (TPSA) is 64.5 Å². The molecule has 0 aromatic carbocycles. The zero-order valence-corrected chi connectivity index (χ0v) is 7.96. The molecule has 0 aromatic rings. The van der Waals surface area contributed by atoms with Crippen LogP contribution in [0.25, 0.3) is 0 Å². The van der Waals surface area contributed by atoms with Crippen LogP contribution in [0.4, 0.5) is 0 Å². The van der Waals surface area contributed by atoms with Crippen molar-refractivity contribution in [2.75, 3.05) is 32.8 Å². The van der Waals surface area contributed by atoms with E-state index in [2.05, 4.69) is 23.5 Å². The Morgan fingerprint density at radius 3 is 2.17 bits per heavy atom. The summed E-state index contributed by atoms with van der Waals surface area (Å²) in [7, 11) is 0. The van der Waals surface area contributed by atoms with Crippen molar-refractivity contribution in [3.05, 3.63) is 6.92 Å². The summed E-state index contributed by atoms with van der Waals surface area (Å²) in [5.41, 5.74) is 0. The summed E-state index contributed by atoms with van der Waals surface area (Å²) in [6.07, 6.45) is 1.01. The molecule has 4 nitrogen and oxygen atoms in total. The largest absolute Gasteiger partial charge is 1.00 e. The Kier molecular flexibility index (Phi) is 14.2. The first-order valence-electron chi connectivity index (χ1n) is 3.86. The second kappa shape index (κ2) is 11.4. The number of hydrazine groups is 1. The van der Waals surface area contributed by atoms with Crippen molar-refractivity contribution in [2.24, 2.45) is 11.7 Å². The van der Waals surface area contributed by atoms with Gasteiger partial charge in [0.25, 0.3) is 0 Å². The van der Waals surface area contributed by atoms with E-state index in [1.54, 1.807) is 0 Å². The third kappa shape index (κ3) is 7.11. The standard InChI is InChI=1S/C7H14NO.Li.H4N2/c1-2-3-8-4-6-9-7-5-8;;1-2/h1-7H2;;1-2H2/q-1;+1;. The van der Waals surface area contributed by atoms with Gasteiger partial charge >= 0.3 is 18.9 Å². The van der Waals surface area contributed by atoms with Gasteiger partial charge in [0.1, 0.15) is 0 Å². The van der Waals surface area contributed by atoms with E-state index in [0.717, 1.165) is 39.3 Å². The van der Waals surface area contributed by atoms with Crippen molar-refractivity contribution in [1.29, 1.82) is 0 Å². The molecular weight excluding hydrogens is 149 g/mol. The summed E-state index contributed by atoms with van der Waals surface area (Å²) in [6.45, 7) is 8.92. The van der Waals surface area contributed by atoms with Crippen molar-refractivity contribution in [3.8, 4) is 0 Å². The van der Waals surface area contributed by atoms with Gasteiger partial charge in [0.2, 0.25) is 0 Å². The van der Waals surface area contributed by atoms with Crippen LogP contribution in [0.3, 0.4) is 0 Å². The fourth-order valence-electron chi connectivity index (χ4n) is 1.05. The maximum absolute atomic E-state index is 5.18. The maximum Gasteiger partial charge on any atom is 1.00 e. The van der Waals surface area contributed by atoms with Crippen LogP contribution in [0.15, 0.2) is 0 Å². The Labute approximate surface area is 86.7 Å². The quantitative estimate of drug-likeness (QED) is 0.193. The maximum atomic E-state index is 5.18. The number of hydrogen-bond donors (Lipinski definition) is 2. The van der Waals surface area contributed by atoms with Crippen LogP contribution >= 0.6 is 0 Å². The van der Waals surface area contributed by atoms with E-state index in [9.17, 15) is 0 Å². The average molecular weight is 167 g/mol. The van der Waals surface area contributed by atoms with E-state index in [-0.39, 0.29) is 18.9 Å². The van der Waals surface area contributed by atoms with Crippen LogP contribution in [0.5, 0.6) is 0 Å². The SMILES string of the molecule is NN.[CH2-]CCN1CCOCC1.[Li+]. The molecule has 0 unspecified atom stereocenters. The Bertz CT molecular complexity index is 76.3. The minimum absolute atomic E-state index is 0. The number of rotatable bonds is 2. The Morgan fingerprint density at radius 1 is 1.25 bits per heavy atom. The monoisotopic (exact) mass is 167 g/mol. The average Bonchev–Trinajstić information content (AvgIpc) is 2.11. The summed E-state index contributed by atoms with van der Waals surface area (Å²) >= 11 is 0. The second-order valence-electron chi connectivity index (χ2n) is 2.31. The summed E-state index contributed by atoms with van der Waals surface area (Å²) in [4.78, 5) is 2.39. The van der Waals surface area contributed by atoms with Gasteiger partial charge in [-0.1, -0.05) is 0 Å². The molecule has 0 atom stereocenters. The van der Waals surface area contributed by atoms with Gasteiger partial charge in [-0.2, -0.15) is 6.42 Å². The molecule has 12 heavy (non-hydrogen) atoms. The molecule has 1 aliphatic heterocycles. The van der Waals surface area contributed by atoms with Crippen LogP contribution in [0.2, 0.25) is 0 Å². The molecule has 1 heterocycles. The first-order valence-corrected chi connectivity index (χ1v) is 3.86. The van der Waals surface area contributed by atoms with Gasteiger partial charge in [0, 0.05) is 13.1 Å². The molecule has 1 saturated heterocycles. The van der Waals surface area contributed by atoms with Crippen molar-refractivity contribution < 1.29 is 23.6 Å². The van der Waals surface area contributed by atoms with Gasteiger partial charge in [-0.05, 0) is 6.54 Å². The Hall–Kier alpha value is 0.437. The molecule has 1 aliphatic rings. The zero-order chi connectivity index (χ0) is 8.53. The van der Waals surface area contributed by atoms with Gasteiger partial charge in [0.15, 0.2) is 0 Å². The number of morpholine rings is 1. The van der Waals surface area contributed by atoms with E-state index < -0.39 is 0 Å². The van der Waals surface area contributed by atoms with Crippen LogP contribution < -0.4 is 30.5 Å². The van der Waals surface area contributed by atoms with Crippen LogP contribution in [0.1, 0.15) is 6.42 Å². The van der Waals surface area contributed by atoms with Gasteiger partial charge < -0.3 is 16.6 Å². The third-order valence-corrected chi connectivity index (χ3v) is 1.58. The Morgan fingerprint density at radius 2 is 1.75 bits per heavy atom. The molecule has 0 aromatic heterocycles. The second-order valence-corrected chi connectivity index (χ2v) is 2.31. The van der Waals surface area contributed by atoms with Gasteiger partial charge in [-0.25, -0.2) is 0 Å². The Balaban J connectivity index is 0. The van der Waals surface area contributed by atoms with Crippen molar-refractivity contribution in [3.63, 3.8) is 0 Å². The summed E-state index contributed by atoms with van der Waals surface area (Å²) in [5, 5.41) is 0. The molecule has 0 aliphatic carbocycles. The predicted octanol–water partition coefficient (Wildman–Crippen LogP) is -3.63. The zero-order valence-electron chi connectivity index (χ0n) is 7.96. The van der Waals surface area contributed by atoms with Crippen molar-refractivity contribution >= 4 is 0 Å². The third-order valence-electron chi connectivity index (χ3n) is 1.58. The number of ether oxygens (including phenoxy) is 1. The predicted molar refractivity (Wildman–Crippen MR) is 45.6 cm³/mol. The summed E-state index contributed by atoms with van der Waals surface area (Å²) in [6, 6.07) is 0. The molecular formula is C7H18LiN3O. The molecule has 0 spiro atoms. The molecule has 1 fully saturated rings. The van der Waals surface area contributed by atoms with Crippen LogP contribution in [-0.2, 0) is 4.74 Å². The molecule has 0 amide bonds. The number of nitrogens with two attached hydrogens (primary N) is 2.